The summed E-state index contributed by atoms with van der Waals surface area (Å²) in [6, 6.07) is 6.07. The van der Waals surface area contributed by atoms with E-state index in [0.29, 0.717) is 14.9 Å². The van der Waals surface area contributed by atoms with Crippen molar-refractivity contribution in [2.24, 2.45) is 0 Å². The summed E-state index contributed by atoms with van der Waals surface area (Å²) in [7, 11) is 0. The Kier molecular flexibility index (Phi) is 3.47. The molecule has 0 spiro atoms. The van der Waals surface area contributed by atoms with Gasteiger partial charge in [-0.1, -0.05) is 0 Å². The van der Waals surface area contributed by atoms with Crippen LogP contribution in [0.3, 0.4) is 0 Å². The van der Waals surface area contributed by atoms with Crippen molar-refractivity contribution in [3.8, 4) is 11.6 Å². The third-order valence-electron chi connectivity index (χ3n) is 2.66. The smallest absolute Gasteiger partial charge is 0.435 e. The minimum absolute atomic E-state index is 0.0271. The van der Waals surface area contributed by atoms with Gasteiger partial charge in [0.15, 0.2) is 11.4 Å². The first kappa shape index (κ1) is 14.7. The van der Waals surface area contributed by atoms with Crippen LogP contribution in [0.1, 0.15) is 11.5 Å². The Hall–Kier alpha value is -2.23. The number of alkyl halides is 3. The molecule has 6 nitrogen and oxygen atoms in total. The van der Waals surface area contributed by atoms with Crippen LogP contribution >= 0.6 is 15.9 Å². The summed E-state index contributed by atoms with van der Waals surface area (Å²) in [5.74, 6) is -0.919. The van der Waals surface area contributed by atoms with E-state index < -0.39 is 12.0 Å². The topological polar surface area (TPSA) is 65.2 Å². The lowest BCUT2D eigenvalue weighted by Gasteiger charge is -2.08. The fraction of sp³-hybridized carbons (Fsp3) is 0.167. The molecular formula is C12H7BrF3N5O. The van der Waals surface area contributed by atoms with E-state index in [1.54, 1.807) is 19.1 Å². The van der Waals surface area contributed by atoms with Gasteiger partial charge in [0.1, 0.15) is 4.60 Å². The lowest BCUT2D eigenvalue weighted by atomic mass is 10.4. The molecule has 0 fully saturated rings. The molecule has 10 heteroatoms. The van der Waals surface area contributed by atoms with Gasteiger partial charge in [-0.2, -0.15) is 17.7 Å². The molecule has 3 rings (SSSR count). The van der Waals surface area contributed by atoms with Gasteiger partial charge in [-0.15, -0.1) is 15.3 Å². The van der Waals surface area contributed by atoms with Gasteiger partial charge in [0.25, 0.3) is 5.82 Å². The fourth-order valence-electron chi connectivity index (χ4n) is 1.70. The highest BCUT2D eigenvalue weighted by molar-refractivity contribution is 9.10. The first-order valence-electron chi connectivity index (χ1n) is 5.95. The van der Waals surface area contributed by atoms with Crippen molar-refractivity contribution in [3.05, 3.63) is 40.4 Å². The number of hydrogen-bond acceptors (Lipinski definition) is 5. The predicted octanol–water partition coefficient (Wildman–Crippen LogP) is 3.40. The first-order chi connectivity index (χ1) is 10.3. The minimum atomic E-state index is -4.66. The Morgan fingerprint density at radius 3 is 2.59 bits per heavy atom. The van der Waals surface area contributed by atoms with Crippen LogP contribution < -0.4 is 4.74 Å². The van der Waals surface area contributed by atoms with E-state index in [-0.39, 0.29) is 11.5 Å². The van der Waals surface area contributed by atoms with Gasteiger partial charge < -0.3 is 4.74 Å². The van der Waals surface area contributed by atoms with Crippen molar-refractivity contribution < 1.29 is 17.9 Å². The third kappa shape index (κ3) is 2.73. The van der Waals surface area contributed by atoms with Crippen molar-refractivity contribution >= 4 is 21.6 Å². The van der Waals surface area contributed by atoms with Crippen LogP contribution in [0, 0.1) is 6.92 Å². The summed E-state index contributed by atoms with van der Waals surface area (Å²) < 4.78 is 44.8. The molecule has 114 valence electrons. The molecule has 0 aliphatic rings. The number of pyridine rings is 1. The van der Waals surface area contributed by atoms with Crippen LogP contribution in [0.5, 0.6) is 11.6 Å². The average Bonchev–Trinajstić information content (AvgIpc) is 2.85. The molecule has 3 aromatic rings. The van der Waals surface area contributed by atoms with Crippen molar-refractivity contribution in [2.75, 3.05) is 0 Å². The quantitative estimate of drug-likeness (QED) is 0.644. The second kappa shape index (κ2) is 5.20. The van der Waals surface area contributed by atoms with E-state index in [4.69, 9.17) is 4.74 Å². The lowest BCUT2D eigenvalue weighted by molar-refractivity contribution is -0.146. The second-order valence-electron chi connectivity index (χ2n) is 4.31. The normalized spacial score (nSPS) is 11.9. The molecule has 22 heavy (non-hydrogen) atoms. The van der Waals surface area contributed by atoms with Gasteiger partial charge in [-0.25, -0.2) is 4.98 Å². The maximum absolute atomic E-state index is 12.8. The Morgan fingerprint density at radius 1 is 1.14 bits per heavy atom. The van der Waals surface area contributed by atoms with Gasteiger partial charge in [-0.3, -0.25) is 0 Å². The van der Waals surface area contributed by atoms with Crippen molar-refractivity contribution in [3.63, 3.8) is 0 Å². The number of nitrogens with zero attached hydrogens (tertiary/aromatic N) is 5. The van der Waals surface area contributed by atoms with E-state index >= 15 is 0 Å². The number of ether oxygens (including phenoxy) is 1. The molecule has 0 atom stereocenters. The first-order valence-corrected chi connectivity index (χ1v) is 6.74. The largest absolute Gasteiger partial charge is 0.453 e. The molecule has 3 heterocycles. The molecule has 0 unspecified atom stereocenters. The summed E-state index contributed by atoms with van der Waals surface area (Å²) >= 11 is 3.22. The van der Waals surface area contributed by atoms with E-state index in [9.17, 15) is 13.2 Å². The molecule has 0 N–H and O–H groups in total. The van der Waals surface area contributed by atoms with Crippen molar-refractivity contribution in [1.29, 1.82) is 0 Å². The van der Waals surface area contributed by atoms with Crippen molar-refractivity contribution in [1.82, 2.24) is 24.8 Å². The summed E-state index contributed by atoms with van der Waals surface area (Å²) in [6.45, 7) is 1.80. The van der Waals surface area contributed by atoms with Gasteiger partial charge in [0.2, 0.25) is 5.88 Å². The maximum Gasteiger partial charge on any atom is 0.453 e. The van der Waals surface area contributed by atoms with Crippen LogP contribution in [0.2, 0.25) is 0 Å². The van der Waals surface area contributed by atoms with E-state index in [2.05, 4.69) is 36.2 Å². The zero-order valence-electron chi connectivity index (χ0n) is 11.0. The fourth-order valence-corrected chi connectivity index (χ4v) is 2.20. The van der Waals surface area contributed by atoms with Gasteiger partial charge in [0, 0.05) is 11.8 Å². The number of aryl methyl sites for hydroxylation is 1. The second-order valence-corrected chi connectivity index (χ2v) is 5.06. The average molecular weight is 374 g/mol. The highest BCUT2D eigenvalue weighted by Crippen LogP contribution is 2.30. The lowest BCUT2D eigenvalue weighted by Crippen LogP contribution is -2.12. The SMILES string of the molecule is Cc1ccc(Oc2ccc3nnc(C(F)(F)F)n3n2)c(Br)n1. The van der Waals surface area contributed by atoms with Gasteiger partial charge in [-0.05, 0) is 41.1 Å². The Labute approximate surface area is 130 Å². The number of halogens is 4. The molecule has 0 aromatic carbocycles. The maximum atomic E-state index is 12.8. The van der Waals surface area contributed by atoms with E-state index in [0.717, 1.165) is 5.69 Å². The Balaban J connectivity index is 2.01. The monoisotopic (exact) mass is 373 g/mol. The highest BCUT2D eigenvalue weighted by Gasteiger charge is 2.37. The molecule has 0 aliphatic heterocycles. The van der Waals surface area contributed by atoms with Crippen LogP contribution in [0.15, 0.2) is 28.9 Å². The molecule has 0 amide bonds. The zero-order valence-corrected chi connectivity index (χ0v) is 12.6. The Morgan fingerprint density at radius 2 is 1.91 bits per heavy atom. The molecule has 0 bridgehead atoms. The summed E-state index contributed by atoms with van der Waals surface area (Å²) in [6.07, 6.45) is -4.66. The number of aromatic nitrogens is 5. The summed E-state index contributed by atoms with van der Waals surface area (Å²) in [5, 5.41) is 10.3. The predicted molar refractivity (Wildman–Crippen MR) is 72.5 cm³/mol. The van der Waals surface area contributed by atoms with Crippen LogP contribution in [0.4, 0.5) is 13.2 Å². The molecule has 0 saturated carbocycles. The van der Waals surface area contributed by atoms with Gasteiger partial charge >= 0.3 is 6.18 Å². The van der Waals surface area contributed by atoms with Crippen LogP contribution in [0.25, 0.3) is 5.65 Å². The van der Waals surface area contributed by atoms with E-state index in [1.807, 2.05) is 0 Å². The molecule has 0 saturated heterocycles. The highest BCUT2D eigenvalue weighted by atomic mass is 79.9. The molecule has 3 aromatic heterocycles. The number of fused-ring (bicyclic) bond motifs is 1. The summed E-state index contributed by atoms with van der Waals surface area (Å²) in [5.41, 5.74) is 0.738. The third-order valence-corrected chi connectivity index (χ3v) is 3.23. The Bertz CT molecular complexity index is 848. The molecule has 0 radical (unpaired) electrons. The minimum Gasteiger partial charge on any atom is -0.435 e. The molecular weight excluding hydrogens is 367 g/mol. The number of rotatable bonds is 2. The van der Waals surface area contributed by atoms with Crippen LogP contribution in [-0.4, -0.2) is 24.8 Å². The summed E-state index contributed by atoms with van der Waals surface area (Å²) in [4.78, 5) is 4.13. The number of hydrogen-bond donors (Lipinski definition) is 0. The molecule has 0 aliphatic carbocycles. The standard InChI is InChI=1S/C12H7BrF3N5O/c1-6-2-3-7(10(13)17-6)22-9-5-4-8-18-19-11(12(14,15)16)21(8)20-9/h2-5H,1H3. The van der Waals surface area contributed by atoms with Crippen LogP contribution in [-0.2, 0) is 6.18 Å². The van der Waals surface area contributed by atoms with Crippen molar-refractivity contribution in [2.45, 2.75) is 13.1 Å². The van der Waals surface area contributed by atoms with Gasteiger partial charge in [0.05, 0.1) is 0 Å². The zero-order chi connectivity index (χ0) is 15.9. The van der Waals surface area contributed by atoms with E-state index in [1.165, 1.54) is 12.1 Å².